The Labute approximate surface area is 152 Å². The maximum atomic E-state index is 13.5. The first-order valence-electron chi connectivity index (χ1n) is 7.66. The molecule has 0 radical (unpaired) electrons. The van der Waals surface area contributed by atoms with Crippen molar-refractivity contribution in [1.82, 2.24) is 5.43 Å². The molecule has 2 aromatic rings. The average molecular weight is 406 g/mol. The van der Waals surface area contributed by atoms with Gasteiger partial charge in [0.25, 0.3) is 0 Å². The van der Waals surface area contributed by atoms with Crippen LogP contribution in [0.4, 0.5) is 10.1 Å². The minimum absolute atomic E-state index is 0.227. The summed E-state index contributed by atoms with van der Waals surface area (Å²) < 4.78 is 14.7. The molecule has 0 fully saturated rings. The van der Waals surface area contributed by atoms with E-state index in [0.29, 0.717) is 20.1 Å². The number of hydrazone groups is 1. The van der Waals surface area contributed by atoms with Crippen molar-refractivity contribution in [3.8, 4) is 0 Å². The topological polar surface area (TPSA) is 36.4 Å². The summed E-state index contributed by atoms with van der Waals surface area (Å²) in [6.07, 6.45) is 0.843. The summed E-state index contributed by atoms with van der Waals surface area (Å²) in [6, 6.07) is 11.1. The molecular weight excluding hydrogens is 388 g/mol. The van der Waals surface area contributed by atoms with Gasteiger partial charge in [-0.25, -0.2) is 0 Å². The number of anilines is 1. The molecule has 0 aromatic heterocycles. The van der Waals surface area contributed by atoms with Crippen molar-refractivity contribution in [3.63, 3.8) is 0 Å². The molecule has 3 rings (SSSR count). The number of nitrogens with one attached hydrogen (secondary N) is 2. The predicted molar refractivity (Wildman–Crippen MR) is 103 cm³/mol. The van der Waals surface area contributed by atoms with E-state index >= 15 is 0 Å². The van der Waals surface area contributed by atoms with E-state index in [1.807, 2.05) is 26.0 Å². The first-order valence-corrected chi connectivity index (χ1v) is 10.1. The summed E-state index contributed by atoms with van der Waals surface area (Å²) >= 11 is 5.72. The van der Waals surface area contributed by atoms with Crippen LogP contribution in [-0.2, 0) is 0 Å². The van der Waals surface area contributed by atoms with E-state index in [2.05, 4.69) is 28.0 Å². The van der Waals surface area contributed by atoms with Crippen molar-refractivity contribution in [2.24, 2.45) is 5.10 Å². The zero-order valence-corrected chi connectivity index (χ0v) is 16.0. The van der Waals surface area contributed by atoms with Crippen LogP contribution < -0.4 is 15.2 Å². The zero-order chi connectivity index (χ0) is 17.1. The van der Waals surface area contributed by atoms with Gasteiger partial charge in [0, 0.05) is 0 Å². The van der Waals surface area contributed by atoms with Gasteiger partial charge >= 0.3 is 153 Å². The fraction of sp³-hybridized carbons (Fsp3) is 0.222. The molecule has 0 atom stereocenters. The number of benzene rings is 2. The Hall–Kier alpha value is -1.75. The molecule has 0 spiro atoms. The first kappa shape index (κ1) is 17.1. The summed E-state index contributed by atoms with van der Waals surface area (Å²) in [7, 11) is 0. The fourth-order valence-corrected chi connectivity index (χ4v) is 4.78. The number of thiocarbonyl (C=S) groups is 1. The fourth-order valence-electron chi connectivity index (χ4n) is 2.50. The monoisotopic (exact) mass is 407 g/mol. The molecule has 1 heterocycles. The molecule has 124 valence electrons. The SMILES string of the molecule is Cc1ccc(C)c(NC(=S)N/N=C2\CC[Se]c3ccc(F)cc32)c1. The number of hydrogen-bond donors (Lipinski definition) is 2. The molecule has 0 amide bonds. The van der Waals surface area contributed by atoms with Gasteiger partial charge in [-0.15, -0.1) is 0 Å². The number of aryl methyl sites for hydroxylation is 2. The van der Waals surface area contributed by atoms with E-state index in [0.717, 1.165) is 39.8 Å². The van der Waals surface area contributed by atoms with Gasteiger partial charge in [-0.2, -0.15) is 0 Å². The van der Waals surface area contributed by atoms with Gasteiger partial charge in [0.1, 0.15) is 0 Å². The summed E-state index contributed by atoms with van der Waals surface area (Å²) in [5.74, 6) is -0.227. The second-order valence-corrected chi connectivity index (χ2v) is 8.47. The molecule has 2 aromatic carbocycles. The Morgan fingerprint density at radius 1 is 1.21 bits per heavy atom. The van der Waals surface area contributed by atoms with E-state index in [4.69, 9.17) is 12.2 Å². The molecule has 0 saturated carbocycles. The van der Waals surface area contributed by atoms with Crippen LogP contribution in [0.3, 0.4) is 0 Å². The summed E-state index contributed by atoms with van der Waals surface area (Å²) in [5, 5.41) is 9.10. The first-order chi connectivity index (χ1) is 11.5. The molecule has 2 N–H and O–H groups in total. The zero-order valence-electron chi connectivity index (χ0n) is 13.5. The van der Waals surface area contributed by atoms with E-state index in [1.54, 1.807) is 6.07 Å². The maximum absolute atomic E-state index is 13.5. The minimum atomic E-state index is -0.227. The molecule has 0 unspecified atom stereocenters. The van der Waals surface area contributed by atoms with Crippen molar-refractivity contribution in [2.75, 3.05) is 5.32 Å². The van der Waals surface area contributed by atoms with Crippen molar-refractivity contribution in [3.05, 3.63) is 58.9 Å². The van der Waals surface area contributed by atoms with Crippen molar-refractivity contribution in [1.29, 1.82) is 0 Å². The van der Waals surface area contributed by atoms with Crippen molar-refractivity contribution >= 4 is 48.1 Å². The van der Waals surface area contributed by atoms with Gasteiger partial charge in [-0.1, -0.05) is 0 Å². The number of halogens is 1. The summed E-state index contributed by atoms with van der Waals surface area (Å²) in [4.78, 5) is 0. The Kier molecular flexibility index (Phi) is 5.29. The van der Waals surface area contributed by atoms with E-state index < -0.39 is 0 Å². The molecule has 24 heavy (non-hydrogen) atoms. The third-order valence-electron chi connectivity index (χ3n) is 3.78. The summed E-state index contributed by atoms with van der Waals surface area (Å²) in [6.45, 7) is 4.06. The van der Waals surface area contributed by atoms with Crippen LogP contribution in [0.25, 0.3) is 0 Å². The van der Waals surface area contributed by atoms with Crippen LogP contribution in [-0.4, -0.2) is 25.8 Å². The molecule has 6 heteroatoms. The van der Waals surface area contributed by atoms with E-state index in [-0.39, 0.29) is 5.82 Å². The second kappa shape index (κ2) is 7.43. The van der Waals surface area contributed by atoms with Gasteiger partial charge in [0.15, 0.2) is 0 Å². The second-order valence-electron chi connectivity index (χ2n) is 5.68. The van der Waals surface area contributed by atoms with E-state index in [9.17, 15) is 4.39 Å². The Bertz CT molecular complexity index is 820. The Morgan fingerprint density at radius 2 is 2.04 bits per heavy atom. The number of nitrogens with zero attached hydrogens (tertiary/aromatic N) is 1. The van der Waals surface area contributed by atoms with Gasteiger partial charge in [-0.3, -0.25) is 0 Å². The van der Waals surface area contributed by atoms with Crippen LogP contribution in [0.2, 0.25) is 5.32 Å². The standard InChI is InChI=1S/C18H18FN3SSe/c1-11-3-4-12(2)16(9-11)20-18(23)22-21-15-7-8-24-17-6-5-13(19)10-14(15)17/h3-6,9-10H,7-8H2,1-2H3,(H2,20,22,23)/b21-15+. The van der Waals surface area contributed by atoms with Gasteiger partial charge < -0.3 is 0 Å². The molecule has 0 aliphatic carbocycles. The Morgan fingerprint density at radius 3 is 2.88 bits per heavy atom. The van der Waals surface area contributed by atoms with Gasteiger partial charge in [0.05, 0.1) is 0 Å². The van der Waals surface area contributed by atoms with Crippen LogP contribution in [0.5, 0.6) is 0 Å². The molecule has 0 saturated heterocycles. The van der Waals surface area contributed by atoms with Crippen LogP contribution in [0.1, 0.15) is 23.1 Å². The molecule has 0 bridgehead atoms. The van der Waals surface area contributed by atoms with E-state index in [1.165, 1.54) is 10.5 Å². The van der Waals surface area contributed by atoms with Crippen LogP contribution in [0, 0.1) is 19.7 Å². The number of fused-ring (bicyclic) bond motifs is 1. The van der Waals surface area contributed by atoms with Crippen molar-refractivity contribution < 1.29 is 4.39 Å². The Balaban J connectivity index is 1.73. The predicted octanol–water partition coefficient (Wildman–Crippen LogP) is 3.28. The van der Waals surface area contributed by atoms with Crippen LogP contribution >= 0.6 is 12.2 Å². The van der Waals surface area contributed by atoms with Gasteiger partial charge in [0.2, 0.25) is 0 Å². The summed E-state index contributed by atoms with van der Waals surface area (Å²) in [5.41, 5.74) is 7.91. The molecule has 1 aliphatic heterocycles. The molecule has 1 aliphatic rings. The third kappa shape index (κ3) is 4.01. The number of hydrogen-bond acceptors (Lipinski definition) is 2. The number of rotatable bonds is 2. The molecular formula is C18H18FN3SSe. The van der Waals surface area contributed by atoms with Crippen molar-refractivity contribution in [2.45, 2.75) is 25.6 Å². The van der Waals surface area contributed by atoms with Crippen LogP contribution in [0.15, 0.2) is 41.5 Å². The third-order valence-corrected chi connectivity index (χ3v) is 6.23. The quantitative estimate of drug-likeness (QED) is 0.457. The molecule has 3 nitrogen and oxygen atoms in total. The average Bonchev–Trinajstić information content (AvgIpc) is 2.56. The van der Waals surface area contributed by atoms with Gasteiger partial charge in [-0.05, 0) is 0 Å². The normalized spacial score (nSPS) is 15.0.